The van der Waals surface area contributed by atoms with Crippen LogP contribution in [-0.4, -0.2) is 6.54 Å². The van der Waals surface area contributed by atoms with E-state index in [1.807, 2.05) is 36.5 Å². The molecule has 0 aromatic rings. The van der Waals surface area contributed by atoms with Crippen LogP contribution >= 0.6 is 0 Å². The van der Waals surface area contributed by atoms with Gasteiger partial charge in [-0.2, -0.15) is 0 Å². The van der Waals surface area contributed by atoms with E-state index in [1.54, 1.807) is 6.08 Å². The fourth-order valence-electron chi connectivity index (χ4n) is 0.428. The van der Waals surface area contributed by atoms with Crippen molar-refractivity contribution in [3.8, 4) is 0 Å². The quantitative estimate of drug-likeness (QED) is 0.584. The Morgan fingerprint density at radius 3 is 2.20 bits per heavy atom. The van der Waals surface area contributed by atoms with E-state index in [-0.39, 0.29) is 0 Å². The fourth-order valence-corrected chi connectivity index (χ4v) is 0.428. The zero-order valence-electron chi connectivity index (χ0n) is 6.03. The molecule has 0 unspecified atom stereocenters. The van der Waals surface area contributed by atoms with Crippen molar-refractivity contribution in [2.24, 2.45) is 5.73 Å². The van der Waals surface area contributed by atoms with Gasteiger partial charge in [0.05, 0.1) is 0 Å². The molecule has 54 valence electrons. The van der Waals surface area contributed by atoms with Gasteiger partial charge in [-0.15, -0.1) is 0 Å². The molecule has 0 aliphatic rings. The summed E-state index contributed by atoms with van der Waals surface area (Å²) in [7, 11) is 0. The number of hydrogen-bond donors (Lipinski definition) is 1. The third kappa shape index (κ3) is 6.92. The first kappa shape index (κ1) is 8.92. The minimum absolute atomic E-state index is 0.593. The summed E-state index contributed by atoms with van der Waals surface area (Å²) >= 11 is 0. The zero-order valence-corrected chi connectivity index (χ0v) is 6.03. The molecule has 0 aliphatic carbocycles. The van der Waals surface area contributed by atoms with Crippen LogP contribution in [0.4, 0.5) is 0 Å². The van der Waals surface area contributed by atoms with Gasteiger partial charge < -0.3 is 5.73 Å². The van der Waals surface area contributed by atoms with Crippen LogP contribution in [0.5, 0.6) is 0 Å². The lowest BCUT2D eigenvalue weighted by molar-refractivity contribution is 1.25. The van der Waals surface area contributed by atoms with E-state index in [4.69, 9.17) is 5.73 Å². The van der Waals surface area contributed by atoms with Gasteiger partial charge in [0.25, 0.3) is 0 Å². The second-order valence-corrected chi connectivity index (χ2v) is 1.67. The van der Waals surface area contributed by atoms with Gasteiger partial charge in [0.15, 0.2) is 0 Å². The van der Waals surface area contributed by atoms with Crippen molar-refractivity contribution in [2.45, 2.75) is 0 Å². The van der Waals surface area contributed by atoms with E-state index in [1.165, 1.54) is 0 Å². The van der Waals surface area contributed by atoms with Crippen molar-refractivity contribution in [3.05, 3.63) is 49.1 Å². The molecule has 0 fully saturated rings. The third-order valence-electron chi connectivity index (χ3n) is 0.853. The molecule has 0 aliphatic heterocycles. The summed E-state index contributed by atoms with van der Waals surface area (Å²) in [6.45, 7) is 4.13. The Morgan fingerprint density at radius 1 is 1.00 bits per heavy atom. The SMILES string of the molecule is C=C\C=C/C=C/C=C/CN. The van der Waals surface area contributed by atoms with Crippen molar-refractivity contribution in [3.63, 3.8) is 0 Å². The molecular formula is C9H13N. The van der Waals surface area contributed by atoms with Gasteiger partial charge in [-0.1, -0.05) is 49.1 Å². The Bertz CT molecular complexity index is 152. The molecule has 0 amide bonds. The summed E-state index contributed by atoms with van der Waals surface area (Å²) in [6, 6.07) is 0. The van der Waals surface area contributed by atoms with Crippen LogP contribution in [0.3, 0.4) is 0 Å². The highest BCUT2D eigenvalue weighted by molar-refractivity contribution is 5.14. The molecule has 0 aromatic heterocycles. The van der Waals surface area contributed by atoms with Gasteiger partial charge in [-0.3, -0.25) is 0 Å². The lowest BCUT2D eigenvalue weighted by Gasteiger charge is -1.73. The summed E-state index contributed by atoms with van der Waals surface area (Å²) in [4.78, 5) is 0. The predicted octanol–water partition coefficient (Wildman–Crippen LogP) is 1.80. The van der Waals surface area contributed by atoms with Gasteiger partial charge in [0.2, 0.25) is 0 Å². The largest absolute Gasteiger partial charge is 0.327 e. The van der Waals surface area contributed by atoms with E-state index in [0.717, 1.165) is 0 Å². The molecular weight excluding hydrogens is 122 g/mol. The third-order valence-corrected chi connectivity index (χ3v) is 0.853. The first-order chi connectivity index (χ1) is 4.91. The summed E-state index contributed by atoms with van der Waals surface area (Å²) in [6.07, 6.45) is 13.2. The molecule has 0 heterocycles. The zero-order chi connectivity index (χ0) is 7.66. The molecule has 2 N–H and O–H groups in total. The van der Waals surface area contributed by atoms with E-state index in [2.05, 4.69) is 6.58 Å². The maximum atomic E-state index is 5.21. The molecule has 0 saturated carbocycles. The van der Waals surface area contributed by atoms with Crippen LogP contribution in [0.15, 0.2) is 49.1 Å². The van der Waals surface area contributed by atoms with E-state index in [9.17, 15) is 0 Å². The van der Waals surface area contributed by atoms with Crippen molar-refractivity contribution in [1.82, 2.24) is 0 Å². The topological polar surface area (TPSA) is 26.0 Å². The van der Waals surface area contributed by atoms with Gasteiger partial charge in [-0.05, 0) is 0 Å². The Morgan fingerprint density at radius 2 is 1.60 bits per heavy atom. The number of allylic oxidation sites excluding steroid dienone is 6. The number of nitrogens with two attached hydrogens (primary N) is 1. The van der Waals surface area contributed by atoms with Crippen molar-refractivity contribution < 1.29 is 0 Å². The standard InChI is InChI=1S/C9H13N/c1-2-3-4-5-6-7-8-9-10/h2-8H,1,9-10H2/b4-3-,6-5+,8-7+. The predicted molar refractivity (Wildman–Crippen MR) is 46.7 cm³/mol. The molecule has 0 atom stereocenters. The van der Waals surface area contributed by atoms with E-state index in [0.29, 0.717) is 6.54 Å². The van der Waals surface area contributed by atoms with Gasteiger partial charge in [-0.25, -0.2) is 0 Å². The Balaban J connectivity index is 3.46. The van der Waals surface area contributed by atoms with Gasteiger partial charge in [0.1, 0.15) is 0 Å². The average molecular weight is 135 g/mol. The average Bonchev–Trinajstić information content (AvgIpc) is 1.97. The molecule has 10 heavy (non-hydrogen) atoms. The van der Waals surface area contributed by atoms with Gasteiger partial charge >= 0.3 is 0 Å². The van der Waals surface area contributed by atoms with Crippen molar-refractivity contribution in [2.75, 3.05) is 6.54 Å². The summed E-state index contributed by atoms with van der Waals surface area (Å²) < 4.78 is 0. The second-order valence-electron chi connectivity index (χ2n) is 1.67. The highest BCUT2D eigenvalue weighted by Gasteiger charge is 1.61. The first-order valence-corrected chi connectivity index (χ1v) is 3.22. The lowest BCUT2D eigenvalue weighted by Crippen LogP contribution is -1.91. The Kier molecular flexibility index (Phi) is 7.06. The first-order valence-electron chi connectivity index (χ1n) is 3.22. The van der Waals surface area contributed by atoms with Crippen molar-refractivity contribution >= 4 is 0 Å². The summed E-state index contributed by atoms with van der Waals surface area (Å²) in [5.74, 6) is 0. The normalized spacial score (nSPS) is 12.1. The monoisotopic (exact) mass is 135 g/mol. The van der Waals surface area contributed by atoms with Crippen molar-refractivity contribution in [1.29, 1.82) is 0 Å². The molecule has 0 rings (SSSR count). The van der Waals surface area contributed by atoms with Crippen LogP contribution < -0.4 is 5.73 Å². The molecule has 0 bridgehead atoms. The highest BCUT2D eigenvalue weighted by atomic mass is 14.5. The molecule has 0 spiro atoms. The smallest absolute Gasteiger partial charge is 0.0109 e. The molecule has 0 saturated heterocycles. The fraction of sp³-hybridized carbons (Fsp3) is 0.111. The van der Waals surface area contributed by atoms with E-state index >= 15 is 0 Å². The van der Waals surface area contributed by atoms with Crippen LogP contribution in [-0.2, 0) is 0 Å². The maximum absolute atomic E-state index is 5.21. The van der Waals surface area contributed by atoms with Crippen LogP contribution in [0.25, 0.3) is 0 Å². The molecule has 1 heteroatoms. The highest BCUT2D eigenvalue weighted by Crippen LogP contribution is 1.79. The Hall–Kier alpha value is -1.08. The summed E-state index contributed by atoms with van der Waals surface area (Å²) in [5.41, 5.74) is 5.21. The number of rotatable bonds is 4. The van der Waals surface area contributed by atoms with Gasteiger partial charge in [0, 0.05) is 6.54 Å². The maximum Gasteiger partial charge on any atom is 0.0109 e. The lowest BCUT2D eigenvalue weighted by atomic mass is 10.4. The van der Waals surface area contributed by atoms with Crippen LogP contribution in [0.1, 0.15) is 0 Å². The second kappa shape index (κ2) is 7.92. The molecule has 1 nitrogen and oxygen atoms in total. The Labute approximate surface area is 62.2 Å². The molecule has 0 radical (unpaired) electrons. The minimum Gasteiger partial charge on any atom is -0.327 e. The molecule has 0 aromatic carbocycles. The van der Waals surface area contributed by atoms with E-state index < -0.39 is 0 Å². The minimum atomic E-state index is 0.593. The van der Waals surface area contributed by atoms with Crippen LogP contribution in [0.2, 0.25) is 0 Å². The van der Waals surface area contributed by atoms with Crippen LogP contribution in [0, 0.1) is 0 Å². The number of hydrogen-bond acceptors (Lipinski definition) is 1. The summed E-state index contributed by atoms with van der Waals surface area (Å²) in [5, 5.41) is 0.